The molecule has 0 saturated carbocycles. The number of hydrogen-bond acceptors (Lipinski definition) is 11. The number of aromatic nitrogens is 1. The molecule has 5 rings (SSSR count). The molecular weight excluding hydrogens is 552 g/mol. The molecule has 1 aromatic heterocycles. The van der Waals surface area contributed by atoms with Gasteiger partial charge in [0.15, 0.2) is 12.0 Å². The van der Waals surface area contributed by atoms with Gasteiger partial charge in [0.25, 0.3) is 5.91 Å². The fourth-order valence-electron chi connectivity index (χ4n) is 5.79. The number of hydrogen-bond donors (Lipinski definition) is 7. The van der Waals surface area contributed by atoms with Crippen molar-refractivity contribution in [3.05, 3.63) is 46.0 Å². The third-order valence-corrected chi connectivity index (χ3v) is 8.61. The van der Waals surface area contributed by atoms with E-state index in [0.717, 1.165) is 10.9 Å². The first-order chi connectivity index (χ1) is 19.6. The summed E-state index contributed by atoms with van der Waals surface area (Å²) in [6, 6.07) is 4.91. The van der Waals surface area contributed by atoms with Crippen LogP contribution in [0.3, 0.4) is 0 Å². The van der Waals surface area contributed by atoms with E-state index in [4.69, 9.17) is 29.1 Å². The number of nitrogens with one attached hydrogen (secondary N) is 4. The summed E-state index contributed by atoms with van der Waals surface area (Å²) in [6.45, 7) is 5.75. The predicted octanol–water partition coefficient (Wildman–Crippen LogP) is -0.147. The van der Waals surface area contributed by atoms with Gasteiger partial charge in [0, 0.05) is 54.4 Å². The van der Waals surface area contributed by atoms with Gasteiger partial charge in [-0.15, -0.1) is 10.2 Å². The van der Waals surface area contributed by atoms with E-state index < -0.39 is 24.4 Å². The van der Waals surface area contributed by atoms with E-state index in [2.05, 4.69) is 60.4 Å². The van der Waals surface area contributed by atoms with Crippen molar-refractivity contribution in [3.63, 3.8) is 0 Å². The zero-order valence-electron chi connectivity index (χ0n) is 23.1. The van der Waals surface area contributed by atoms with Gasteiger partial charge in [-0.25, -0.2) is 5.01 Å². The third-order valence-electron chi connectivity index (χ3n) is 8.32. The molecule has 3 unspecified atom stereocenters. The number of aryl methyl sites for hydroxylation is 2. The number of halogens is 1. The number of piperidine rings is 1. The van der Waals surface area contributed by atoms with Crippen LogP contribution in [0.25, 0.3) is 10.9 Å². The number of nitrogens with zero attached hydrogens (tertiary/aromatic N) is 7. The fourth-order valence-corrected chi connectivity index (χ4v) is 6.00. The summed E-state index contributed by atoms with van der Waals surface area (Å²) in [7, 11) is 2.03. The second kappa shape index (κ2) is 11.1. The van der Waals surface area contributed by atoms with Crippen molar-refractivity contribution in [2.45, 2.75) is 50.7 Å². The van der Waals surface area contributed by atoms with Crippen LogP contribution in [0.1, 0.15) is 34.5 Å². The molecule has 17 heteroatoms. The molecule has 41 heavy (non-hydrogen) atoms. The Labute approximate surface area is 241 Å². The summed E-state index contributed by atoms with van der Waals surface area (Å²) in [5, 5.41) is 28.6. The van der Waals surface area contributed by atoms with Crippen LogP contribution in [0.5, 0.6) is 0 Å². The average molecular weight is 587 g/mol. The maximum Gasteiger partial charge on any atom is 0.253 e. The Balaban J connectivity index is 1.22. The molecule has 0 radical (unpaired) electrons. The molecule has 4 heterocycles. The number of benzene rings is 1. The van der Waals surface area contributed by atoms with E-state index in [1.165, 1.54) is 16.3 Å². The molecular formula is C24H35ClN14O2. The lowest BCUT2D eigenvalue weighted by molar-refractivity contribution is -0.125. The fraction of sp³-hybridized carbons (Fsp3) is 0.500. The molecule has 2 fully saturated rings. The molecule has 220 valence electrons. The highest BCUT2D eigenvalue weighted by atomic mass is 35.5. The zero-order valence-corrected chi connectivity index (χ0v) is 23.8. The molecule has 3 atom stereocenters. The van der Waals surface area contributed by atoms with Gasteiger partial charge < -0.3 is 37.1 Å². The molecule has 3 aliphatic heterocycles. The second-order valence-corrected chi connectivity index (χ2v) is 11.0. The number of likely N-dealkylation sites (tertiary alicyclic amines) is 1. The minimum Gasteiger partial charge on any atom is -0.358 e. The molecule has 2 saturated heterocycles. The summed E-state index contributed by atoms with van der Waals surface area (Å²) >= 11 is 6.18. The number of amides is 2. The first-order valence-electron chi connectivity index (χ1n) is 13.2. The number of carbonyl (C=O) groups excluding carboxylic acids is 2. The Kier molecular flexibility index (Phi) is 7.74. The SMILES string of the molecule is Cc1c(C)n(C)c2ccc(C(=O)N3CCC4(CC3)CN(N)C(NC(=O)C3NC(Cl)=C(N=NN)NC3N=NN)N4)cc12. The summed E-state index contributed by atoms with van der Waals surface area (Å²) in [6.07, 6.45) is -0.261. The predicted molar refractivity (Wildman–Crippen MR) is 151 cm³/mol. The van der Waals surface area contributed by atoms with Crippen LogP contribution < -0.4 is 38.8 Å². The van der Waals surface area contributed by atoms with Gasteiger partial charge in [-0.3, -0.25) is 20.7 Å². The van der Waals surface area contributed by atoms with Gasteiger partial charge in [0.2, 0.25) is 5.91 Å². The summed E-state index contributed by atoms with van der Waals surface area (Å²) in [5.41, 5.74) is 3.77. The van der Waals surface area contributed by atoms with Gasteiger partial charge in [-0.2, -0.15) is 0 Å². The van der Waals surface area contributed by atoms with Crippen LogP contribution in [0.2, 0.25) is 0 Å². The Morgan fingerprint density at radius 2 is 1.88 bits per heavy atom. The van der Waals surface area contributed by atoms with Crippen molar-refractivity contribution >= 4 is 34.3 Å². The van der Waals surface area contributed by atoms with Gasteiger partial charge >= 0.3 is 0 Å². The normalized spacial score (nSPS) is 24.9. The average Bonchev–Trinajstić information content (AvgIpc) is 3.37. The first kappa shape index (κ1) is 28.5. The van der Waals surface area contributed by atoms with Crippen molar-refractivity contribution in [3.8, 4) is 0 Å². The number of nitrogens with two attached hydrogens (primary N) is 3. The lowest BCUT2D eigenvalue weighted by Gasteiger charge is -2.39. The van der Waals surface area contributed by atoms with Gasteiger partial charge in [-0.1, -0.05) is 22.0 Å². The molecule has 2 amide bonds. The van der Waals surface area contributed by atoms with Crippen LogP contribution in [0.15, 0.2) is 49.9 Å². The van der Waals surface area contributed by atoms with E-state index in [-0.39, 0.29) is 22.4 Å². The van der Waals surface area contributed by atoms with Crippen LogP contribution in [0.4, 0.5) is 0 Å². The Morgan fingerprint density at radius 1 is 1.15 bits per heavy atom. The molecule has 16 nitrogen and oxygen atoms in total. The van der Waals surface area contributed by atoms with Gasteiger partial charge in [-0.05, 0) is 50.5 Å². The molecule has 10 N–H and O–H groups in total. The summed E-state index contributed by atoms with van der Waals surface area (Å²) in [5.74, 6) is 16.3. The van der Waals surface area contributed by atoms with Crippen LogP contribution in [-0.2, 0) is 11.8 Å². The highest BCUT2D eigenvalue weighted by molar-refractivity contribution is 6.29. The number of carbonyl (C=O) groups is 2. The molecule has 0 bridgehead atoms. The van der Waals surface area contributed by atoms with E-state index in [1.807, 2.05) is 30.1 Å². The highest BCUT2D eigenvalue weighted by Gasteiger charge is 2.46. The zero-order chi connectivity index (χ0) is 29.5. The number of fused-ring (bicyclic) bond motifs is 1. The topological polar surface area (TPSA) is 221 Å². The molecule has 1 aromatic carbocycles. The van der Waals surface area contributed by atoms with Crippen molar-refractivity contribution in [2.75, 3.05) is 19.6 Å². The quantitative estimate of drug-likeness (QED) is 0.107. The molecule has 2 aromatic rings. The number of hydrazine groups is 1. The maximum absolute atomic E-state index is 13.4. The lowest BCUT2D eigenvalue weighted by atomic mass is 9.88. The Bertz CT molecular complexity index is 1440. The minimum atomic E-state index is -0.980. The van der Waals surface area contributed by atoms with Crippen molar-refractivity contribution < 1.29 is 9.59 Å². The summed E-state index contributed by atoms with van der Waals surface area (Å²) < 4.78 is 2.14. The van der Waals surface area contributed by atoms with Crippen LogP contribution in [0, 0.1) is 13.8 Å². The molecule has 1 spiro atoms. The molecule has 0 aliphatic carbocycles. The van der Waals surface area contributed by atoms with Crippen LogP contribution >= 0.6 is 11.6 Å². The van der Waals surface area contributed by atoms with E-state index in [1.54, 1.807) is 0 Å². The standard InChI is InChI=1S/C24H35ClN14O2/c1-12-13(2)37(3)16-5-4-14(10-15(12)16)22(41)38-8-6-24(7-9-38)11-39(28)23(32-24)31-21(40)17-19(33-35-26)30-20(34-36-27)18(25)29-17/h4-5,10,17,19,23,29-30,32H,6-9,11,28H2,1-3H3,(H2,26,33)(H2,27,34)(H,31,40). The second-order valence-electron chi connectivity index (χ2n) is 10.6. The largest absolute Gasteiger partial charge is 0.358 e. The minimum absolute atomic E-state index is 0.00423. The van der Waals surface area contributed by atoms with Crippen molar-refractivity contribution in [2.24, 2.45) is 45.3 Å². The molecule has 3 aliphatic rings. The smallest absolute Gasteiger partial charge is 0.253 e. The van der Waals surface area contributed by atoms with Crippen molar-refractivity contribution in [1.29, 1.82) is 0 Å². The Morgan fingerprint density at radius 3 is 2.56 bits per heavy atom. The monoisotopic (exact) mass is 586 g/mol. The van der Waals surface area contributed by atoms with E-state index in [9.17, 15) is 9.59 Å². The first-order valence-corrected chi connectivity index (χ1v) is 13.5. The third kappa shape index (κ3) is 5.26. The summed E-state index contributed by atoms with van der Waals surface area (Å²) in [4.78, 5) is 28.5. The van der Waals surface area contributed by atoms with Gasteiger partial charge in [0.1, 0.15) is 17.5 Å². The van der Waals surface area contributed by atoms with E-state index >= 15 is 0 Å². The maximum atomic E-state index is 13.4. The highest BCUT2D eigenvalue weighted by Crippen LogP contribution is 2.30. The van der Waals surface area contributed by atoms with Crippen LogP contribution in [-0.4, -0.2) is 70.0 Å². The van der Waals surface area contributed by atoms with Crippen molar-refractivity contribution in [1.82, 2.24) is 35.7 Å². The van der Waals surface area contributed by atoms with Gasteiger partial charge in [0.05, 0.1) is 0 Å². The number of rotatable bonds is 5. The Hall–Kier alpha value is -3.99. The van der Waals surface area contributed by atoms with E-state index in [0.29, 0.717) is 38.0 Å². The lowest BCUT2D eigenvalue weighted by Crippen LogP contribution is -2.63.